The minimum Gasteiger partial charge on any atom is -0.325 e. The van der Waals surface area contributed by atoms with Crippen LogP contribution in [-0.4, -0.2) is 42.5 Å². The molecule has 1 fully saturated rings. The third kappa shape index (κ3) is 6.50. The van der Waals surface area contributed by atoms with Gasteiger partial charge in [0.05, 0.1) is 0 Å². The summed E-state index contributed by atoms with van der Waals surface area (Å²) in [6.07, 6.45) is 5.29. The van der Waals surface area contributed by atoms with Crippen LogP contribution in [0.3, 0.4) is 0 Å². The van der Waals surface area contributed by atoms with Gasteiger partial charge in [0.2, 0.25) is 0 Å². The van der Waals surface area contributed by atoms with E-state index in [1.54, 1.807) is 11.9 Å². The Bertz CT molecular complexity index is 1000. The van der Waals surface area contributed by atoms with Gasteiger partial charge in [0.15, 0.2) is 0 Å². The van der Waals surface area contributed by atoms with Crippen LogP contribution in [0.4, 0.5) is 5.69 Å². The van der Waals surface area contributed by atoms with Crippen molar-refractivity contribution in [2.45, 2.75) is 51.0 Å². The van der Waals surface area contributed by atoms with Crippen molar-refractivity contribution < 1.29 is 0 Å². The highest BCUT2D eigenvalue weighted by molar-refractivity contribution is 8.00. The number of rotatable bonds is 9. The van der Waals surface area contributed by atoms with Crippen molar-refractivity contribution in [2.24, 2.45) is 0 Å². The summed E-state index contributed by atoms with van der Waals surface area (Å²) >= 11 is 1.70. The summed E-state index contributed by atoms with van der Waals surface area (Å²) in [5.41, 5.74) is 3.91. The van der Waals surface area contributed by atoms with Gasteiger partial charge in [-0.05, 0) is 91.4 Å². The van der Waals surface area contributed by atoms with Gasteiger partial charge in [0, 0.05) is 30.2 Å². The molecule has 4 rings (SSSR count). The number of unbranched alkanes of at least 4 members (excludes halogenated alkanes) is 2. The second kappa shape index (κ2) is 11.7. The quantitative estimate of drug-likeness (QED) is 0.282. The zero-order valence-corrected chi connectivity index (χ0v) is 20.5. The van der Waals surface area contributed by atoms with E-state index in [1.165, 1.54) is 90.9 Å². The molecule has 1 aliphatic rings. The predicted octanol–water partition coefficient (Wildman–Crippen LogP) is 6.97. The zero-order valence-electron chi connectivity index (χ0n) is 19.6. The molecular weight excluding hydrogens is 410 g/mol. The molecule has 170 valence electrons. The Morgan fingerprint density at radius 3 is 2.53 bits per heavy atom. The largest absolute Gasteiger partial charge is 0.325 e. The maximum Gasteiger partial charge on any atom is 0.0475 e. The van der Waals surface area contributed by atoms with Gasteiger partial charge in [-0.3, -0.25) is 4.90 Å². The van der Waals surface area contributed by atoms with Crippen molar-refractivity contribution in [3.63, 3.8) is 0 Å². The van der Waals surface area contributed by atoms with E-state index in [1.807, 2.05) is 0 Å². The molecule has 3 aromatic rings. The van der Waals surface area contributed by atoms with Crippen LogP contribution in [0.5, 0.6) is 0 Å². The molecule has 0 amide bonds. The normalized spacial score (nSPS) is 15.7. The van der Waals surface area contributed by atoms with Crippen LogP contribution in [0.2, 0.25) is 0 Å². The SMILES string of the molecule is CCCCCN1CCCN(Cc2ccc(C)c(NSc3ccc4ccccc4c3)c2)CC1. The molecule has 1 saturated heterocycles. The Hall–Kier alpha value is -2.01. The number of nitrogens with one attached hydrogen (secondary N) is 1. The van der Waals surface area contributed by atoms with Crippen LogP contribution in [-0.2, 0) is 6.54 Å². The molecule has 0 aliphatic carbocycles. The lowest BCUT2D eigenvalue weighted by atomic mass is 10.1. The topological polar surface area (TPSA) is 18.5 Å². The van der Waals surface area contributed by atoms with Crippen LogP contribution in [0.25, 0.3) is 10.8 Å². The van der Waals surface area contributed by atoms with Gasteiger partial charge < -0.3 is 9.62 Å². The molecule has 0 radical (unpaired) electrons. The van der Waals surface area contributed by atoms with Crippen LogP contribution < -0.4 is 4.72 Å². The van der Waals surface area contributed by atoms with Crippen LogP contribution in [0.15, 0.2) is 65.6 Å². The summed E-state index contributed by atoms with van der Waals surface area (Å²) < 4.78 is 3.61. The van der Waals surface area contributed by atoms with Crippen LogP contribution in [0, 0.1) is 6.92 Å². The fourth-order valence-electron chi connectivity index (χ4n) is 4.47. The second-order valence-electron chi connectivity index (χ2n) is 9.04. The van der Waals surface area contributed by atoms with E-state index in [9.17, 15) is 0 Å². The van der Waals surface area contributed by atoms with Gasteiger partial charge in [-0.25, -0.2) is 0 Å². The first-order chi connectivity index (χ1) is 15.7. The molecular formula is C28H37N3S. The van der Waals surface area contributed by atoms with E-state index < -0.39 is 0 Å². The number of hydrogen-bond acceptors (Lipinski definition) is 4. The maximum atomic E-state index is 3.61. The molecule has 0 saturated carbocycles. The van der Waals surface area contributed by atoms with E-state index in [0.29, 0.717) is 0 Å². The lowest BCUT2D eigenvalue weighted by Crippen LogP contribution is -2.31. The van der Waals surface area contributed by atoms with E-state index in [2.05, 4.69) is 89.0 Å². The molecule has 1 aliphatic heterocycles. The Labute approximate surface area is 198 Å². The molecule has 4 heteroatoms. The highest BCUT2D eigenvalue weighted by atomic mass is 32.2. The highest BCUT2D eigenvalue weighted by Gasteiger charge is 2.15. The van der Waals surface area contributed by atoms with Gasteiger partial charge in [-0.1, -0.05) is 62.2 Å². The van der Waals surface area contributed by atoms with Crippen molar-refractivity contribution in [2.75, 3.05) is 37.4 Å². The first-order valence-electron chi connectivity index (χ1n) is 12.2. The van der Waals surface area contributed by atoms with Crippen LogP contribution >= 0.6 is 11.9 Å². The third-order valence-corrected chi connectivity index (χ3v) is 7.28. The molecule has 0 unspecified atom stereocenters. The molecule has 0 aromatic heterocycles. The minimum atomic E-state index is 1.04. The van der Waals surface area contributed by atoms with Crippen molar-refractivity contribution in [1.82, 2.24) is 9.80 Å². The van der Waals surface area contributed by atoms with Crippen molar-refractivity contribution >= 4 is 28.4 Å². The summed E-state index contributed by atoms with van der Waals surface area (Å²) in [5, 5.41) is 2.58. The van der Waals surface area contributed by atoms with E-state index in [0.717, 1.165) is 6.54 Å². The van der Waals surface area contributed by atoms with Crippen molar-refractivity contribution in [3.05, 3.63) is 71.8 Å². The molecule has 1 heterocycles. The predicted molar refractivity (Wildman–Crippen MR) is 140 cm³/mol. The van der Waals surface area contributed by atoms with Gasteiger partial charge >= 0.3 is 0 Å². The van der Waals surface area contributed by atoms with Crippen LogP contribution in [0.1, 0.15) is 43.7 Å². The average Bonchev–Trinajstić information content (AvgIpc) is 3.04. The third-order valence-electron chi connectivity index (χ3n) is 6.47. The summed E-state index contributed by atoms with van der Waals surface area (Å²) in [6, 6.07) is 22.1. The van der Waals surface area contributed by atoms with Crippen molar-refractivity contribution in [1.29, 1.82) is 0 Å². The van der Waals surface area contributed by atoms with Crippen molar-refractivity contribution in [3.8, 4) is 0 Å². The number of nitrogens with zero attached hydrogens (tertiary/aromatic N) is 2. The fraction of sp³-hybridized carbons (Fsp3) is 0.429. The Morgan fingerprint density at radius 2 is 1.66 bits per heavy atom. The fourth-order valence-corrected chi connectivity index (χ4v) is 5.24. The van der Waals surface area contributed by atoms with E-state index in [-0.39, 0.29) is 0 Å². The molecule has 0 atom stereocenters. The Kier molecular flexibility index (Phi) is 8.49. The van der Waals surface area contributed by atoms with E-state index in [4.69, 9.17) is 0 Å². The lowest BCUT2D eigenvalue weighted by molar-refractivity contribution is 0.249. The van der Waals surface area contributed by atoms with Gasteiger partial charge in [-0.2, -0.15) is 0 Å². The summed E-state index contributed by atoms with van der Waals surface area (Å²) in [6.45, 7) is 11.6. The maximum absolute atomic E-state index is 3.61. The molecule has 3 aromatic carbocycles. The number of aryl methyl sites for hydroxylation is 1. The minimum absolute atomic E-state index is 1.04. The lowest BCUT2D eigenvalue weighted by Gasteiger charge is -2.22. The Morgan fingerprint density at radius 1 is 0.844 bits per heavy atom. The summed E-state index contributed by atoms with van der Waals surface area (Å²) in [5.74, 6) is 0. The molecule has 0 bridgehead atoms. The van der Waals surface area contributed by atoms with Gasteiger partial charge in [0.1, 0.15) is 0 Å². The monoisotopic (exact) mass is 447 g/mol. The number of hydrogen-bond donors (Lipinski definition) is 1. The summed E-state index contributed by atoms with van der Waals surface area (Å²) in [7, 11) is 0. The first kappa shape index (κ1) is 23.2. The highest BCUT2D eigenvalue weighted by Crippen LogP contribution is 2.27. The Balaban J connectivity index is 1.34. The standard InChI is InChI=1S/C28H37N3S/c1-3-4-7-15-30-16-8-17-31(19-18-30)22-24-12-11-23(2)28(20-24)29-32-27-14-13-25-9-5-6-10-26(25)21-27/h5-6,9-14,20-21,29H,3-4,7-8,15-19,22H2,1-2H3. The second-order valence-corrected chi connectivity index (χ2v) is 9.92. The average molecular weight is 448 g/mol. The molecule has 3 nitrogen and oxygen atoms in total. The van der Waals surface area contributed by atoms with Gasteiger partial charge in [-0.15, -0.1) is 0 Å². The zero-order chi connectivity index (χ0) is 22.2. The number of fused-ring (bicyclic) bond motifs is 1. The first-order valence-corrected chi connectivity index (χ1v) is 13.0. The molecule has 1 N–H and O–H groups in total. The number of anilines is 1. The summed E-state index contributed by atoms with van der Waals surface area (Å²) in [4.78, 5) is 6.53. The van der Waals surface area contributed by atoms with E-state index >= 15 is 0 Å². The van der Waals surface area contributed by atoms with Gasteiger partial charge in [0.25, 0.3) is 0 Å². The molecule has 32 heavy (non-hydrogen) atoms. The smallest absolute Gasteiger partial charge is 0.0475 e. The number of benzene rings is 3. The molecule has 0 spiro atoms.